The molecule has 2 fully saturated rings. The quantitative estimate of drug-likeness (QED) is 0.119. The summed E-state index contributed by atoms with van der Waals surface area (Å²) >= 11 is 0. The Balaban J connectivity index is 1.61. The summed E-state index contributed by atoms with van der Waals surface area (Å²) in [6.07, 6.45) is 3.54. The van der Waals surface area contributed by atoms with E-state index < -0.39 is 27.3 Å². The molecule has 2 aromatic rings. The van der Waals surface area contributed by atoms with Crippen molar-refractivity contribution >= 4 is 33.8 Å². The van der Waals surface area contributed by atoms with Crippen LogP contribution in [0.4, 0.5) is 5.82 Å². The molecule has 0 amide bonds. The van der Waals surface area contributed by atoms with Crippen molar-refractivity contribution < 1.29 is 23.7 Å². The molecule has 224 valence electrons. The van der Waals surface area contributed by atoms with Gasteiger partial charge in [-0.15, -0.1) is 0 Å². The highest BCUT2D eigenvalue weighted by molar-refractivity contribution is 6.76. The van der Waals surface area contributed by atoms with Gasteiger partial charge >= 0.3 is 0 Å². The second-order valence-electron chi connectivity index (χ2n) is 14.4. The van der Waals surface area contributed by atoms with Crippen LogP contribution in [0.3, 0.4) is 0 Å². The van der Waals surface area contributed by atoms with E-state index >= 15 is 0 Å². The maximum atomic E-state index is 12.4. The van der Waals surface area contributed by atoms with Gasteiger partial charge in [-0.05, 0) is 50.9 Å². The molecule has 2 aromatic heterocycles. The highest BCUT2D eigenvalue weighted by atomic mass is 28.3. The van der Waals surface area contributed by atoms with E-state index in [-0.39, 0.29) is 18.1 Å². The highest BCUT2D eigenvalue weighted by Gasteiger charge is 2.61. The zero-order valence-electron chi connectivity index (χ0n) is 26.0. The molecule has 1 aliphatic heterocycles. The lowest BCUT2D eigenvalue weighted by atomic mass is 9.82. The number of aldehydes is 1. The Morgan fingerprint density at radius 3 is 2.23 bits per heavy atom. The number of aromatic nitrogens is 3. The van der Waals surface area contributed by atoms with Crippen LogP contribution in [0.25, 0.3) is 5.52 Å². The maximum Gasteiger partial charge on any atom is 0.163 e. The molecule has 3 heterocycles. The Morgan fingerprint density at radius 1 is 1.05 bits per heavy atom. The van der Waals surface area contributed by atoms with Crippen molar-refractivity contribution in [3.05, 3.63) is 24.2 Å². The number of rotatable bonds is 14. The molecule has 4 rings (SSSR count). The molecule has 0 spiro atoms. The van der Waals surface area contributed by atoms with E-state index in [0.29, 0.717) is 26.3 Å². The molecular weight excluding hydrogens is 541 g/mol. The maximum absolute atomic E-state index is 12.4. The van der Waals surface area contributed by atoms with Crippen molar-refractivity contribution in [2.24, 2.45) is 5.41 Å². The predicted molar refractivity (Wildman–Crippen MR) is 163 cm³/mol. The zero-order valence-corrected chi connectivity index (χ0v) is 28.0. The number of ether oxygens (including phenoxy) is 4. The molecule has 0 N–H and O–H groups in total. The monoisotopic (exact) mass is 590 g/mol. The number of carbonyl (C=O) groups excluding carboxylic acids is 1. The summed E-state index contributed by atoms with van der Waals surface area (Å²) in [5, 5.41) is 4.66. The van der Waals surface area contributed by atoms with Gasteiger partial charge in [0.2, 0.25) is 0 Å². The second kappa shape index (κ2) is 11.9. The van der Waals surface area contributed by atoms with Crippen molar-refractivity contribution in [1.29, 1.82) is 0 Å². The molecule has 0 unspecified atom stereocenters. The molecule has 0 aromatic carbocycles. The van der Waals surface area contributed by atoms with Crippen molar-refractivity contribution in [3.8, 4) is 0 Å². The lowest BCUT2D eigenvalue weighted by molar-refractivity contribution is -0.168. The standard InChI is InChI=1S/C29H50N4O5Si2/c1-10-29(18-34)17-22(25-26(29)38-28(2,3)37-25)23-11-12-24-27(30-19-31-33(23)24)32(20-35-13-15-39(4,5)6)21-36-14-16-40(7,8)9/h11-12,18-19,22,25-26H,10,13-17,20-21H2,1-9H3/t22-,25-,26-,29+/m0/s1. The second-order valence-corrected chi connectivity index (χ2v) is 25.7. The van der Waals surface area contributed by atoms with Gasteiger partial charge in [0.25, 0.3) is 0 Å². The normalized spacial score (nSPS) is 26.4. The Kier molecular flexibility index (Phi) is 9.33. The number of fused-ring (bicyclic) bond motifs is 2. The molecule has 11 heteroatoms. The van der Waals surface area contributed by atoms with Gasteiger partial charge in [0, 0.05) is 41.0 Å². The average Bonchev–Trinajstić information content (AvgIpc) is 3.51. The Bertz CT molecular complexity index is 1140. The van der Waals surface area contributed by atoms with Crippen LogP contribution in [-0.2, 0) is 23.7 Å². The van der Waals surface area contributed by atoms with E-state index in [1.165, 1.54) is 0 Å². The van der Waals surface area contributed by atoms with Gasteiger partial charge in [-0.25, -0.2) is 9.50 Å². The zero-order chi connectivity index (χ0) is 29.3. The Labute approximate surface area is 241 Å². The first-order chi connectivity index (χ1) is 18.7. The topological polar surface area (TPSA) is 87.4 Å². The molecule has 0 radical (unpaired) electrons. The number of hydrogen-bond donors (Lipinski definition) is 0. The van der Waals surface area contributed by atoms with Crippen molar-refractivity contribution in [1.82, 2.24) is 14.6 Å². The van der Waals surface area contributed by atoms with E-state index in [9.17, 15) is 4.79 Å². The largest absolute Gasteiger partial charge is 0.361 e. The first-order valence-electron chi connectivity index (χ1n) is 14.7. The van der Waals surface area contributed by atoms with Gasteiger partial charge in [0.1, 0.15) is 37.7 Å². The van der Waals surface area contributed by atoms with Crippen LogP contribution in [0.1, 0.15) is 45.2 Å². The summed E-state index contributed by atoms with van der Waals surface area (Å²) in [7, 11) is -2.41. The van der Waals surface area contributed by atoms with Gasteiger partial charge in [0.15, 0.2) is 11.6 Å². The van der Waals surface area contributed by atoms with Crippen LogP contribution in [-0.4, -0.2) is 81.7 Å². The fourth-order valence-electron chi connectivity index (χ4n) is 5.72. The molecule has 40 heavy (non-hydrogen) atoms. The van der Waals surface area contributed by atoms with E-state index in [0.717, 1.165) is 48.6 Å². The van der Waals surface area contributed by atoms with Crippen molar-refractivity contribution in [2.45, 2.75) is 109 Å². The van der Waals surface area contributed by atoms with Crippen LogP contribution >= 0.6 is 0 Å². The number of anilines is 1. The molecule has 2 aliphatic rings. The summed E-state index contributed by atoms with van der Waals surface area (Å²) < 4.78 is 27.0. The minimum atomic E-state index is -1.20. The molecule has 1 saturated carbocycles. The van der Waals surface area contributed by atoms with Crippen molar-refractivity contribution in [2.75, 3.05) is 31.6 Å². The highest BCUT2D eigenvalue weighted by Crippen LogP contribution is 2.55. The first kappa shape index (κ1) is 31.3. The van der Waals surface area contributed by atoms with Crippen LogP contribution in [0.15, 0.2) is 18.5 Å². The third kappa shape index (κ3) is 7.04. The number of nitrogens with zero attached hydrogens (tertiary/aromatic N) is 4. The molecule has 1 saturated heterocycles. The van der Waals surface area contributed by atoms with Crippen molar-refractivity contribution in [3.63, 3.8) is 0 Å². The minimum absolute atomic E-state index is 0.0309. The summed E-state index contributed by atoms with van der Waals surface area (Å²) in [6, 6.07) is 6.36. The lowest BCUT2D eigenvalue weighted by Crippen LogP contribution is -2.36. The molecule has 9 nitrogen and oxygen atoms in total. The van der Waals surface area contributed by atoms with E-state index in [1.807, 2.05) is 18.4 Å². The van der Waals surface area contributed by atoms with Gasteiger partial charge in [-0.3, -0.25) is 0 Å². The van der Waals surface area contributed by atoms with E-state index in [1.54, 1.807) is 6.33 Å². The predicted octanol–water partition coefficient (Wildman–Crippen LogP) is 5.76. The summed E-state index contributed by atoms with van der Waals surface area (Å²) in [5.74, 6) is 0.0107. The number of carbonyl (C=O) groups is 1. The molecule has 0 bridgehead atoms. The first-order valence-corrected chi connectivity index (χ1v) is 22.2. The van der Waals surface area contributed by atoms with Crippen LogP contribution in [0.5, 0.6) is 0 Å². The SMILES string of the molecule is CC[C@]1(C=O)C[C@@H](c2ccc3c(N(COCC[Si](C)(C)C)COCC[Si](C)(C)C)ncnn23)[C@@H]2OC(C)(C)O[C@@H]21. The fraction of sp³-hybridized carbons (Fsp3) is 0.759. The molecule has 1 aliphatic carbocycles. The van der Waals surface area contributed by atoms with Gasteiger partial charge < -0.3 is 28.6 Å². The number of hydrogen-bond acceptors (Lipinski definition) is 8. The van der Waals surface area contributed by atoms with Crippen LogP contribution < -0.4 is 4.90 Å². The van der Waals surface area contributed by atoms with Gasteiger partial charge in [0.05, 0.1) is 11.5 Å². The Morgan fingerprint density at radius 2 is 1.68 bits per heavy atom. The summed E-state index contributed by atoms with van der Waals surface area (Å²) in [4.78, 5) is 19.2. The van der Waals surface area contributed by atoms with Gasteiger partial charge in [-0.2, -0.15) is 5.10 Å². The third-order valence-corrected chi connectivity index (χ3v) is 11.6. The Hall–Kier alpha value is -1.64. The molecular formula is C29H50N4O5Si2. The van der Waals surface area contributed by atoms with Gasteiger partial charge in [-0.1, -0.05) is 46.2 Å². The van der Waals surface area contributed by atoms with E-state index in [2.05, 4.69) is 68.3 Å². The molecule has 4 atom stereocenters. The fourth-order valence-corrected chi connectivity index (χ4v) is 7.23. The van der Waals surface area contributed by atoms with Crippen LogP contribution in [0.2, 0.25) is 51.4 Å². The minimum Gasteiger partial charge on any atom is -0.361 e. The lowest BCUT2D eigenvalue weighted by Gasteiger charge is -2.29. The summed E-state index contributed by atoms with van der Waals surface area (Å²) in [5.41, 5.74) is 1.31. The average molecular weight is 591 g/mol. The smallest absolute Gasteiger partial charge is 0.163 e. The van der Waals surface area contributed by atoms with E-state index in [4.69, 9.17) is 23.9 Å². The van der Waals surface area contributed by atoms with Crippen LogP contribution in [0, 0.1) is 5.41 Å². The third-order valence-electron chi connectivity index (χ3n) is 8.21. The summed E-state index contributed by atoms with van der Waals surface area (Å²) in [6.45, 7) is 22.3.